The quantitative estimate of drug-likeness (QED) is 0.651. The number of rotatable bonds is 1. The predicted molar refractivity (Wildman–Crippen MR) is 66.1 cm³/mol. The van der Waals surface area contributed by atoms with E-state index in [4.69, 9.17) is 4.74 Å². The van der Waals surface area contributed by atoms with Gasteiger partial charge in [0.1, 0.15) is 5.60 Å². The van der Waals surface area contributed by atoms with Crippen molar-refractivity contribution in [2.24, 2.45) is 0 Å². The zero-order valence-corrected chi connectivity index (χ0v) is 9.83. The van der Waals surface area contributed by atoms with E-state index in [1.54, 1.807) is 7.11 Å². The summed E-state index contributed by atoms with van der Waals surface area (Å²) in [5.74, 6) is 6.56. The van der Waals surface area contributed by atoms with E-state index in [1.807, 2.05) is 30.3 Å². The van der Waals surface area contributed by atoms with Crippen molar-refractivity contribution in [2.45, 2.75) is 37.7 Å². The van der Waals surface area contributed by atoms with Crippen molar-refractivity contribution in [1.82, 2.24) is 0 Å². The minimum Gasteiger partial charge on any atom is -0.366 e. The maximum atomic E-state index is 5.63. The zero-order valence-electron chi connectivity index (χ0n) is 9.83. The van der Waals surface area contributed by atoms with Crippen molar-refractivity contribution in [3.05, 3.63) is 35.9 Å². The Labute approximate surface area is 97.8 Å². The third-order valence-corrected chi connectivity index (χ3v) is 3.26. The van der Waals surface area contributed by atoms with Crippen LogP contribution in [-0.2, 0) is 4.74 Å². The highest BCUT2D eigenvalue weighted by Gasteiger charge is 2.29. The van der Waals surface area contributed by atoms with Crippen molar-refractivity contribution in [2.75, 3.05) is 7.11 Å². The van der Waals surface area contributed by atoms with E-state index < -0.39 is 0 Å². The fraction of sp³-hybridized carbons (Fsp3) is 0.467. The highest BCUT2D eigenvalue weighted by Crippen LogP contribution is 2.30. The Morgan fingerprint density at radius 3 is 2.38 bits per heavy atom. The molecule has 16 heavy (non-hydrogen) atoms. The Morgan fingerprint density at radius 2 is 1.75 bits per heavy atom. The van der Waals surface area contributed by atoms with Crippen LogP contribution in [0.3, 0.4) is 0 Å². The van der Waals surface area contributed by atoms with E-state index in [9.17, 15) is 0 Å². The number of methoxy groups -OCH3 is 1. The van der Waals surface area contributed by atoms with Gasteiger partial charge in [-0.05, 0) is 37.8 Å². The Morgan fingerprint density at radius 1 is 1.06 bits per heavy atom. The number of hydrogen-bond acceptors (Lipinski definition) is 1. The summed E-state index contributed by atoms with van der Waals surface area (Å²) in [4.78, 5) is 0. The van der Waals surface area contributed by atoms with Crippen molar-refractivity contribution in [1.29, 1.82) is 0 Å². The van der Waals surface area contributed by atoms with Gasteiger partial charge in [-0.15, -0.1) is 0 Å². The first kappa shape index (κ1) is 11.2. The Hall–Kier alpha value is -1.26. The summed E-state index contributed by atoms with van der Waals surface area (Å²) in [7, 11) is 1.78. The molecule has 1 aliphatic carbocycles. The smallest absolute Gasteiger partial charge is 0.128 e. The van der Waals surface area contributed by atoms with Crippen molar-refractivity contribution >= 4 is 0 Å². The van der Waals surface area contributed by atoms with Crippen LogP contribution >= 0.6 is 0 Å². The van der Waals surface area contributed by atoms with Gasteiger partial charge >= 0.3 is 0 Å². The van der Waals surface area contributed by atoms with Crippen LogP contribution in [0.4, 0.5) is 0 Å². The molecule has 2 rings (SSSR count). The van der Waals surface area contributed by atoms with Crippen LogP contribution in [-0.4, -0.2) is 12.7 Å². The van der Waals surface area contributed by atoms with Crippen LogP contribution in [0.1, 0.15) is 37.7 Å². The molecule has 1 aromatic carbocycles. The van der Waals surface area contributed by atoms with Gasteiger partial charge < -0.3 is 4.74 Å². The molecule has 0 atom stereocenters. The normalized spacial score (nSPS) is 18.6. The molecule has 1 aliphatic rings. The summed E-state index contributed by atoms with van der Waals surface area (Å²) >= 11 is 0. The van der Waals surface area contributed by atoms with Crippen LogP contribution in [0.2, 0.25) is 0 Å². The molecule has 0 radical (unpaired) electrons. The Kier molecular flexibility index (Phi) is 3.64. The lowest BCUT2D eigenvalue weighted by Gasteiger charge is -2.30. The minimum absolute atomic E-state index is 0.186. The molecule has 1 aromatic rings. The number of benzene rings is 1. The Balaban J connectivity index is 2.15. The van der Waals surface area contributed by atoms with Gasteiger partial charge in [0.25, 0.3) is 0 Å². The fourth-order valence-electron chi connectivity index (χ4n) is 2.21. The van der Waals surface area contributed by atoms with Crippen molar-refractivity contribution in [3.8, 4) is 11.8 Å². The zero-order chi connectivity index (χ0) is 11.3. The van der Waals surface area contributed by atoms with Crippen LogP contribution < -0.4 is 0 Å². The van der Waals surface area contributed by atoms with Crippen molar-refractivity contribution < 1.29 is 4.74 Å². The molecule has 0 amide bonds. The van der Waals surface area contributed by atoms with Crippen LogP contribution in [0, 0.1) is 11.8 Å². The minimum atomic E-state index is -0.186. The van der Waals surface area contributed by atoms with E-state index in [0.717, 1.165) is 18.4 Å². The highest BCUT2D eigenvalue weighted by atomic mass is 16.5. The standard InChI is InChI=1S/C15H18O/c1-16-15(11-6-3-7-12-15)13-10-14-8-4-2-5-9-14/h2,4-5,8-9H,3,6-7,11-12H2,1H3. The average molecular weight is 214 g/mol. The molecule has 1 fully saturated rings. The van der Waals surface area contributed by atoms with E-state index in [1.165, 1.54) is 19.3 Å². The maximum Gasteiger partial charge on any atom is 0.128 e. The average Bonchev–Trinajstić information content (AvgIpc) is 2.39. The van der Waals surface area contributed by atoms with E-state index >= 15 is 0 Å². The molecule has 0 N–H and O–H groups in total. The molecule has 0 spiro atoms. The maximum absolute atomic E-state index is 5.63. The van der Waals surface area contributed by atoms with Gasteiger partial charge in [-0.25, -0.2) is 0 Å². The lowest BCUT2D eigenvalue weighted by atomic mass is 9.85. The molecule has 0 heterocycles. The van der Waals surface area contributed by atoms with Gasteiger partial charge in [0.15, 0.2) is 0 Å². The number of ether oxygens (including phenoxy) is 1. The summed E-state index contributed by atoms with van der Waals surface area (Å²) in [5, 5.41) is 0. The van der Waals surface area contributed by atoms with Gasteiger partial charge in [-0.1, -0.05) is 36.5 Å². The van der Waals surface area contributed by atoms with Crippen LogP contribution in [0.15, 0.2) is 30.3 Å². The fourth-order valence-corrected chi connectivity index (χ4v) is 2.21. The molecule has 1 saturated carbocycles. The third kappa shape index (κ3) is 2.65. The Bertz CT molecular complexity index is 377. The SMILES string of the molecule is COC1(C#Cc2ccccc2)CCCCC1. The summed E-state index contributed by atoms with van der Waals surface area (Å²) in [6.07, 6.45) is 5.93. The molecule has 0 aromatic heterocycles. The molecule has 0 aliphatic heterocycles. The van der Waals surface area contributed by atoms with Gasteiger partial charge in [0.05, 0.1) is 0 Å². The monoisotopic (exact) mass is 214 g/mol. The van der Waals surface area contributed by atoms with Gasteiger partial charge in [0.2, 0.25) is 0 Å². The van der Waals surface area contributed by atoms with E-state index in [2.05, 4.69) is 11.8 Å². The van der Waals surface area contributed by atoms with Gasteiger partial charge in [-0.2, -0.15) is 0 Å². The first-order chi connectivity index (χ1) is 7.85. The molecule has 0 bridgehead atoms. The summed E-state index contributed by atoms with van der Waals surface area (Å²) in [6.45, 7) is 0. The first-order valence-corrected chi connectivity index (χ1v) is 5.98. The van der Waals surface area contributed by atoms with Crippen LogP contribution in [0.5, 0.6) is 0 Å². The predicted octanol–water partition coefficient (Wildman–Crippen LogP) is 3.39. The highest BCUT2D eigenvalue weighted by molar-refractivity contribution is 5.36. The molecular weight excluding hydrogens is 196 g/mol. The molecule has 0 saturated heterocycles. The second-order valence-corrected chi connectivity index (χ2v) is 4.38. The lowest BCUT2D eigenvalue weighted by Crippen LogP contribution is -2.32. The molecule has 1 nitrogen and oxygen atoms in total. The molecular formula is C15H18O. The first-order valence-electron chi connectivity index (χ1n) is 5.98. The largest absolute Gasteiger partial charge is 0.366 e. The second-order valence-electron chi connectivity index (χ2n) is 4.38. The van der Waals surface area contributed by atoms with Crippen molar-refractivity contribution in [3.63, 3.8) is 0 Å². The molecule has 1 heteroatoms. The van der Waals surface area contributed by atoms with Crippen LogP contribution in [0.25, 0.3) is 0 Å². The van der Waals surface area contributed by atoms with Gasteiger partial charge in [-0.3, -0.25) is 0 Å². The summed E-state index contributed by atoms with van der Waals surface area (Å²) in [6, 6.07) is 10.1. The topological polar surface area (TPSA) is 9.23 Å². The second kappa shape index (κ2) is 5.18. The van der Waals surface area contributed by atoms with E-state index in [-0.39, 0.29) is 5.60 Å². The third-order valence-electron chi connectivity index (χ3n) is 3.26. The van der Waals surface area contributed by atoms with Gasteiger partial charge in [0, 0.05) is 12.7 Å². The summed E-state index contributed by atoms with van der Waals surface area (Å²) in [5.41, 5.74) is 0.887. The lowest BCUT2D eigenvalue weighted by molar-refractivity contribution is 0.0104. The number of hydrogen-bond donors (Lipinski definition) is 0. The molecule has 0 unspecified atom stereocenters. The van der Waals surface area contributed by atoms with E-state index in [0.29, 0.717) is 0 Å². The molecule has 84 valence electrons. The summed E-state index contributed by atoms with van der Waals surface area (Å²) < 4.78 is 5.63.